The van der Waals surface area contributed by atoms with Gasteiger partial charge in [0.2, 0.25) is 5.88 Å². The molecule has 0 amide bonds. The van der Waals surface area contributed by atoms with Gasteiger partial charge < -0.3 is 15.4 Å². The summed E-state index contributed by atoms with van der Waals surface area (Å²) >= 11 is 1.73. The van der Waals surface area contributed by atoms with Crippen molar-refractivity contribution < 1.29 is 4.74 Å². The highest BCUT2D eigenvalue weighted by Crippen LogP contribution is 2.17. The van der Waals surface area contributed by atoms with E-state index in [0.717, 1.165) is 24.5 Å². The van der Waals surface area contributed by atoms with Crippen LogP contribution in [-0.2, 0) is 6.54 Å². The highest BCUT2D eigenvalue weighted by molar-refractivity contribution is 7.07. The lowest BCUT2D eigenvalue weighted by Gasteiger charge is -2.15. The third-order valence-corrected chi connectivity index (χ3v) is 4.32. The first kappa shape index (κ1) is 18.3. The predicted molar refractivity (Wildman–Crippen MR) is 101 cm³/mol. The van der Waals surface area contributed by atoms with E-state index in [1.165, 1.54) is 5.56 Å². The molecule has 0 aliphatic carbocycles. The molecule has 2 rings (SSSR count). The molecule has 1 atom stereocenters. The van der Waals surface area contributed by atoms with Crippen LogP contribution in [0.15, 0.2) is 40.1 Å². The number of thiophene rings is 1. The quantitative estimate of drug-likeness (QED) is 0.568. The summed E-state index contributed by atoms with van der Waals surface area (Å²) < 4.78 is 5.49. The topological polar surface area (TPSA) is 58.5 Å². The normalized spacial score (nSPS) is 12.7. The molecule has 2 aromatic rings. The molecule has 0 saturated heterocycles. The van der Waals surface area contributed by atoms with Crippen LogP contribution >= 0.6 is 11.3 Å². The minimum atomic E-state index is 0.450. The SMILES string of the molecule is CCCOc1ccc(CNC(=NC)NCC(C)c2ccsc2)cn1. The molecule has 130 valence electrons. The van der Waals surface area contributed by atoms with Crippen LogP contribution in [0.3, 0.4) is 0 Å². The van der Waals surface area contributed by atoms with E-state index >= 15 is 0 Å². The van der Waals surface area contributed by atoms with E-state index in [9.17, 15) is 0 Å². The molecule has 0 aromatic carbocycles. The minimum Gasteiger partial charge on any atom is -0.478 e. The molecule has 0 spiro atoms. The highest BCUT2D eigenvalue weighted by atomic mass is 32.1. The molecule has 0 saturated carbocycles. The van der Waals surface area contributed by atoms with Crippen LogP contribution in [0.2, 0.25) is 0 Å². The standard InChI is InChI=1S/C18H26N4OS/c1-4-8-23-17-6-5-15(11-20-17)12-22-18(19-3)21-10-14(2)16-7-9-24-13-16/h5-7,9,11,13-14H,4,8,10,12H2,1-3H3,(H2,19,21,22). The van der Waals surface area contributed by atoms with Crippen molar-refractivity contribution in [2.45, 2.75) is 32.7 Å². The van der Waals surface area contributed by atoms with Gasteiger partial charge in [-0.05, 0) is 40.3 Å². The van der Waals surface area contributed by atoms with E-state index in [4.69, 9.17) is 4.74 Å². The van der Waals surface area contributed by atoms with Crippen LogP contribution in [0.1, 0.15) is 37.3 Å². The van der Waals surface area contributed by atoms with Crippen LogP contribution in [-0.4, -0.2) is 31.1 Å². The van der Waals surface area contributed by atoms with Gasteiger partial charge in [-0.1, -0.05) is 19.9 Å². The maximum atomic E-state index is 5.49. The Morgan fingerprint density at radius 1 is 1.33 bits per heavy atom. The second-order valence-corrected chi connectivity index (χ2v) is 6.40. The number of pyridine rings is 1. The lowest BCUT2D eigenvalue weighted by Crippen LogP contribution is -2.38. The Morgan fingerprint density at radius 3 is 2.83 bits per heavy atom. The maximum Gasteiger partial charge on any atom is 0.213 e. The molecule has 2 N–H and O–H groups in total. The Kier molecular flexibility index (Phi) is 7.55. The van der Waals surface area contributed by atoms with Crippen molar-refractivity contribution in [1.82, 2.24) is 15.6 Å². The second kappa shape index (κ2) is 9.93. The summed E-state index contributed by atoms with van der Waals surface area (Å²) in [5.41, 5.74) is 2.45. The summed E-state index contributed by atoms with van der Waals surface area (Å²) in [4.78, 5) is 8.57. The van der Waals surface area contributed by atoms with Crippen molar-refractivity contribution in [2.24, 2.45) is 4.99 Å². The highest BCUT2D eigenvalue weighted by Gasteiger charge is 2.07. The van der Waals surface area contributed by atoms with Gasteiger partial charge in [-0.25, -0.2) is 4.98 Å². The Hall–Kier alpha value is -2.08. The van der Waals surface area contributed by atoms with Crippen LogP contribution in [0.4, 0.5) is 0 Å². The van der Waals surface area contributed by atoms with Crippen molar-refractivity contribution in [3.63, 3.8) is 0 Å². The zero-order chi connectivity index (χ0) is 17.2. The molecule has 0 radical (unpaired) electrons. The van der Waals surface area contributed by atoms with Crippen molar-refractivity contribution in [3.05, 3.63) is 46.3 Å². The molecule has 1 unspecified atom stereocenters. The van der Waals surface area contributed by atoms with Crippen molar-refractivity contribution in [3.8, 4) is 5.88 Å². The van der Waals surface area contributed by atoms with Gasteiger partial charge in [-0.15, -0.1) is 0 Å². The van der Waals surface area contributed by atoms with Crippen molar-refractivity contribution >= 4 is 17.3 Å². The van der Waals surface area contributed by atoms with E-state index in [-0.39, 0.29) is 0 Å². The van der Waals surface area contributed by atoms with Gasteiger partial charge in [0, 0.05) is 32.4 Å². The van der Waals surface area contributed by atoms with Crippen molar-refractivity contribution in [1.29, 1.82) is 0 Å². The van der Waals surface area contributed by atoms with Gasteiger partial charge in [0.1, 0.15) is 0 Å². The zero-order valence-electron chi connectivity index (χ0n) is 14.6. The van der Waals surface area contributed by atoms with Crippen LogP contribution in [0.5, 0.6) is 5.88 Å². The average Bonchev–Trinajstić information content (AvgIpc) is 3.15. The van der Waals surface area contributed by atoms with E-state index in [2.05, 4.69) is 51.3 Å². The van der Waals surface area contributed by atoms with Gasteiger partial charge in [0.05, 0.1) is 6.61 Å². The Balaban J connectivity index is 1.76. The monoisotopic (exact) mass is 346 g/mol. The van der Waals surface area contributed by atoms with Crippen LogP contribution in [0, 0.1) is 0 Å². The summed E-state index contributed by atoms with van der Waals surface area (Å²) in [7, 11) is 1.78. The fraction of sp³-hybridized carbons (Fsp3) is 0.444. The molecule has 2 heterocycles. The average molecular weight is 346 g/mol. The summed E-state index contributed by atoms with van der Waals surface area (Å²) in [6.45, 7) is 6.51. The third-order valence-electron chi connectivity index (χ3n) is 3.62. The number of hydrogen-bond acceptors (Lipinski definition) is 4. The largest absolute Gasteiger partial charge is 0.478 e. The van der Waals surface area contributed by atoms with Crippen LogP contribution in [0.25, 0.3) is 0 Å². The smallest absolute Gasteiger partial charge is 0.213 e. The number of nitrogens with zero attached hydrogens (tertiary/aromatic N) is 2. The fourth-order valence-electron chi connectivity index (χ4n) is 2.14. The molecule has 5 nitrogen and oxygen atoms in total. The molecular weight excluding hydrogens is 320 g/mol. The Labute approximate surface area is 148 Å². The maximum absolute atomic E-state index is 5.49. The van der Waals surface area contributed by atoms with E-state index in [1.807, 2.05) is 18.3 Å². The number of aromatic nitrogens is 1. The van der Waals surface area contributed by atoms with Gasteiger partial charge in [-0.2, -0.15) is 11.3 Å². The van der Waals surface area contributed by atoms with Crippen LogP contribution < -0.4 is 15.4 Å². The second-order valence-electron chi connectivity index (χ2n) is 5.62. The minimum absolute atomic E-state index is 0.450. The number of rotatable bonds is 8. The van der Waals surface area contributed by atoms with Crippen molar-refractivity contribution in [2.75, 3.05) is 20.2 Å². The molecular formula is C18H26N4OS. The number of hydrogen-bond donors (Lipinski definition) is 2. The molecule has 0 bridgehead atoms. The fourth-order valence-corrected chi connectivity index (χ4v) is 2.92. The van der Waals surface area contributed by atoms with Gasteiger partial charge in [0.25, 0.3) is 0 Å². The lowest BCUT2D eigenvalue weighted by atomic mass is 10.1. The first-order valence-corrected chi connectivity index (χ1v) is 9.21. The molecule has 0 aliphatic heterocycles. The lowest BCUT2D eigenvalue weighted by molar-refractivity contribution is 0.305. The van der Waals surface area contributed by atoms with E-state index in [1.54, 1.807) is 18.4 Å². The molecule has 0 fully saturated rings. The van der Waals surface area contributed by atoms with E-state index < -0.39 is 0 Å². The van der Waals surface area contributed by atoms with Gasteiger partial charge in [-0.3, -0.25) is 4.99 Å². The first-order valence-electron chi connectivity index (χ1n) is 8.27. The Morgan fingerprint density at radius 2 is 2.21 bits per heavy atom. The summed E-state index contributed by atoms with van der Waals surface area (Å²) in [6, 6.07) is 6.09. The van der Waals surface area contributed by atoms with E-state index in [0.29, 0.717) is 24.9 Å². The first-order chi connectivity index (χ1) is 11.7. The summed E-state index contributed by atoms with van der Waals surface area (Å²) in [5, 5.41) is 11.0. The molecule has 2 aromatic heterocycles. The molecule has 6 heteroatoms. The third kappa shape index (κ3) is 5.85. The zero-order valence-corrected chi connectivity index (χ0v) is 15.4. The molecule has 0 aliphatic rings. The van der Waals surface area contributed by atoms with Gasteiger partial charge in [0.15, 0.2) is 5.96 Å². The summed E-state index contributed by atoms with van der Waals surface area (Å²) in [6.07, 6.45) is 2.82. The number of nitrogens with one attached hydrogen (secondary N) is 2. The molecule has 24 heavy (non-hydrogen) atoms. The predicted octanol–water partition coefficient (Wildman–Crippen LogP) is 3.40. The van der Waals surface area contributed by atoms with Gasteiger partial charge >= 0.3 is 0 Å². The Bertz CT molecular complexity index is 610. The number of aliphatic imine (C=N–C) groups is 1. The summed E-state index contributed by atoms with van der Waals surface area (Å²) in [5.74, 6) is 1.92. The number of guanidine groups is 1. The number of ether oxygens (including phenoxy) is 1.